The first-order chi connectivity index (χ1) is 8.19. The highest BCUT2D eigenvalue weighted by Crippen LogP contribution is 2.32. The predicted molar refractivity (Wildman–Crippen MR) is 75.7 cm³/mol. The quantitative estimate of drug-likeness (QED) is 0.757. The highest BCUT2D eigenvalue weighted by atomic mass is 28.3. The van der Waals surface area contributed by atoms with Gasteiger partial charge in [0.05, 0.1) is 8.07 Å². The van der Waals surface area contributed by atoms with Gasteiger partial charge in [-0.2, -0.15) is 0 Å². The first-order valence-corrected chi connectivity index (χ1v) is 9.33. The van der Waals surface area contributed by atoms with Gasteiger partial charge in [0, 0.05) is 0 Å². The summed E-state index contributed by atoms with van der Waals surface area (Å²) in [5.41, 5.74) is 0. The molecule has 1 fully saturated rings. The lowest BCUT2D eigenvalue weighted by atomic mass is 10.1. The molecule has 1 aliphatic heterocycles. The van der Waals surface area contributed by atoms with E-state index in [1.165, 1.54) is 40.9 Å². The number of aromatic hydroxyl groups is 1. The second kappa shape index (κ2) is 3.88. The van der Waals surface area contributed by atoms with Gasteiger partial charge in [0.1, 0.15) is 5.75 Å². The summed E-state index contributed by atoms with van der Waals surface area (Å²) in [5.74, 6) is 0.430. The van der Waals surface area contributed by atoms with Gasteiger partial charge >= 0.3 is 0 Å². The average Bonchev–Trinajstić information content (AvgIpc) is 2.76. The number of rotatable bonds is 1. The normalized spacial score (nSPS) is 18.6. The van der Waals surface area contributed by atoms with Gasteiger partial charge in [0.25, 0.3) is 0 Å². The van der Waals surface area contributed by atoms with Crippen LogP contribution in [0.5, 0.6) is 5.75 Å². The lowest BCUT2D eigenvalue weighted by molar-refractivity contribution is 0.476. The van der Waals surface area contributed by atoms with Crippen LogP contribution in [0.15, 0.2) is 36.4 Å². The van der Waals surface area contributed by atoms with Crippen LogP contribution >= 0.6 is 0 Å². The fourth-order valence-corrected chi connectivity index (χ4v) is 7.44. The third-order valence-corrected chi connectivity index (χ3v) is 8.83. The van der Waals surface area contributed by atoms with Crippen molar-refractivity contribution in [2.45, 2.75) is 31.5 Å². The topological polar surface area (TPSA) is 20.2 Å². The van der Waals surface area contributed by atoms with Crippen LogP contribution in [0.25, 0.3) is 10.8 Å². The second-order valence-corrected chi connectivity index (χ2v) is 10.1. The highest BCUT2D eigenvalue weighted by Gasteiger charge is 2.34. The van der Waals surface area contributed by atoms with Crippen molar-refractivity contribution in [1.82, 2.24) is 0 Å². The molecule has 1 saturated heterocycles. The molecule has 1 nitrogen and oxygen atoms in total. The van der Waals surface area contributed by atoms with E-state index in [4.69, 9.17) is 0 Å². The monoisotopic (exact) mass is 242 g/mol. The molecular weight excluding hydrogens is 224 g/mol. The van der Waals surface area contributed by atoms with E-state index in [0.717, 1.165) is 0 Å². The van der Waals surface area contributed by atoms with Crippen molar-refractivity contribution in [2.24, 2.45) is 0 Å². The first-order valence-electron chi connectivity index (χ1n) is 6.41. The first kappa shape index (κ1) is 10.8. The summed E-state index contributed by atoms with van der Waals surface area (Å²) in [5, 5.41) is 13.9. The Kier molecular flexibility index (Phi) is 2.47. The van der Waals surface area contributed by atoms with Crippen LogP contribution in [0.2, 0.25) is 18.6 Å². The zero-order chi connectivity index (χ0) is 11.9. The number of fused-ring (bicyclic) bond motifs is 1. The molecule has 0 unspecified atom stereocenters. The Labute approximate surface area is 103 Å². The molecular formula is C15H18OSi. The van der Waals surface area contributed by atoms with Crippen molar-refractivity contribution < 1.29 is 5.11 Å². The molecule has 2 aromatic rings. The molecule has 2 aromatic carbocycles. The largest absolute Gasteiger partial charge is 0.508 e. The molecule has 1 heterocycles. The van der Waals surface area contributed by atoms with Gasteiger partial charge in [0.15, 0.2) is 0 Å². The van der Waals surface area contributed by atoms with E-state index >= 15 is 0 Å². The molecule has 0 aliphatic carbocycles. The van der Waals surface area contributed by atoms with Gasteiger partial charge in [-0.1, -0.05) is 55.7 Å². The van der Waals surface area contributed by atoms with Crippen molar-refractivity contribution in [3.05, 3.63) is 36.4 Å². The van der Waals surface area contributed by atoms with E-state index in [1.807, 2.05) is 18.2 Å². The van der Waals surface area contributed by atoms with Crippen LogP contribution in [0, 0.1) is 0 Å². The number of phenolic OH excluding ortho intramolecular Hbond substituents is 1. The van der Waals surface area contributed by atoms with Crippen LogP contribution in [0.1, 0.15) is 12.8 Å². The molecule has 17 heavy (non-hydrogen) atoms. The maximum absolute atomic E-state index is 9.91. The highest BCUT2D eigenvalue weighted by molar-refractivity contribution is 6.93. The van der Waals surface area contributed by atoms with Crippen molar-refractivity contribution in [3.8, 4) is 5.75 Å². The zero-order valence-corrected chi connectivity index (χ0v) is 11.2. The molecule has 0 bridgehead atoms. The molecule has 3 rings (SSSR count). The SMILES string of the molecule is C[Si]1(c2cc(O)cc3ccccc23)CCCC1. The molecule has 0 radical (unpaired) electrons. The van der Waals surface area contributed by atoms with Gasteiger partial charge in [-0.15, -0.1) is 0 Å². The lowest BCUT2D eigenvalue weighted by Crippen LogP contribution is -2.41. The standard InChI is InChI=1S/C15H18OSi/c1-17(8-4-5-9-17)15-11-13(16)10-12-6-2-3-7-14(12)15/h2-3,6-7,10-11,16H,4-5,8-9H2,1H3. The van der Waals surface area contributed by atoms with E-state index in [2.05, 4.69) is 24.7 Å². The molecule has 0 spiro atoms. The Morgan fingerprint density at radius 1 is 1.06 bits per heavy atom. The van der Waals surface area contributed by atoms with Crippen LogP contribution in [-0.2, 0) is 0 Å². The fraction of sp³-hybridized carbons (Fsp3) is 0.333. The molecule has 0 aromatic heterocycles. The van der Waals surface area contributed by atoms with Crippen molar-refractivity contribution >= 4 is 24.0 Å². The Bertz CT molecular complexity index is 556. The minimum absolute atomic E-state index is 0.430. The van der Waals surface area contributed by atoms with Crippen LogP contribution in [0.4, 0.5) is 0 Å². The minimum Gasteiger partial charge on any atom is -0.508 e. The Morgan fingerprint density at radius 2 is 1.76 bits per heavy atom. The van der Waals surface area contributed by atoms with Crippen LogP contribution < -0.4 is 5.19 Å². The van der Waals surface area contributed by atoms with E-state index in [-0.39, 0.29) is 0 Å². The summed E-state index contributed by atoms with van der Waals surface area (Å²) in [6.07, 6.45) is 2.74. The van der Waals surface area contributed by atoms with E-state index in [9.17, 15) is 5.11 Å². The fourth-order valence-electron chi connectivity index (χ4n) is 3.22. The van der Waals surface area contributed by atoms with Crippen molar-refractivity contribution in [2.75, 3.05) is 0 Å². The number of hydrogen-bond donors (Lipinski definition) is 1. The predicted octanol–water partition coefficient (Wildman–Crippen LogP) is 3.62. The Hall–Kier alpha value is -1.28. The molecule has 1 aliphatic rings. The minimum atomic E-state index is -1.32. The molecule has 2 heteroatoms. The molecule has 0 amide bonds. The summed E-state index contributed by atoms with van der Waals surface area (Å²) < 4.78 is 0. The van der Waals surface area contributed by atoms with E-state index < -0.39 is 8.07 Å². The zero-order valence-electron chi connectivity index (χ0n) is 10.2. The summed E-state index contributed by atoms with van der Waals surface area (Å²) in [6, 6.07) is 15.1. The summed E-state index contributed by atoms with van der Waals surface area (Å²) >= 11 is 0. The summed E-state index contributed by atoms with van der Waals surface area (Å²) in [7, 11) is -1.32. The maximum Gasteiger partial charge on any atom is 0.116 e. The summed E-state index contributed by atoms with van der Waals surface area (Å²) in [4.78, 5) is 0. The molecule has 0 atom stereocenters. The van der Waals surface area contributed by atoms with Crippen LogP contribution in [0.3, 0.4) is 0 Å². The van der Waals surface area contributed by atoms with Gasteiger partial charge in [-0.25, -0.2) is 0 Å². The molecule has 0 saturated carbocycles. The Morgan fingerprint density at radius 3 is 2.53 bits per heavy atom. The lowest BCUT2D eigenvalue weighted by Gasteiger charge is -2.24. The third kappa shape index (κ3) is 1.77. The number of benzene rings is 2. The molecule has 1 N–H and O–H groups in total. The van der Waals surface area contributed by atoms with Gasteiger partial charge < -0.3 is 5.11 Å². The summed E-state index contributed by atoms with van der Waals surface area (Å²) in [6.45, 7) is 2.47. The van der Waals surface area contributed by atoms with E-state index in [1.54, 1.807) is 0 Å². The average molecular weight is 242 g/mol. The number of hydrogen-bond acceptors (Lipinski definition) is 1. The maximum atomic E-state index is 9.91. The van der Waals surface area contributed by atoms with Crippen LogP contribution in [-0.4, -0.2) is 13.2 Å². The molecule has 88 valence electrons. The van der Waals surface area contributed by atoms with Gasteiger partial charge in [-0.3, -0.25) is 0 Å². The number of phenols is 1. The van der Waals surface area contributed by atoms with Gasteiger partial charge in [-0.05, 0) is 28.1 Å². The van der Waals surface area contributed by atoms with Crippen molar-refractivity contribution in [1.29, 1.82) is 0 Å². The van der Waals surface area contributed by atoms with Gasteiger partial charge in [0.2, 0.25) is 0 Å². The van der Waals surface area contributed by atoms with E-state index in [0.29, 0.717) is 5.75 Å². The third-order valence-electron chi connectivity index (χ3n) is 4.20. The second-order valence-electron chi connectivity index (χ2n) is 5.48. The Balaban J connectivity index is 2.27. The van der Waals surface area contributed by atoms with Crippen molar-refractivity contribution in [3.63, 3.8) is 0 Å². The smallest absolute Gasteiger partial charge is 0.116 e.